The highest BCUT2D eigenvalue weighted by Crippen LogP contribution is 2.25. The Bertz CT molecular complexity index is 1970. The topological polar surface area (TPSA) is 94.2 Å². The minimum Gasteiger partial charge on any atom is -0.431 e. The number of hydrogen-bond acceptors (Lipinski definition) is 7. The molecule has 0 spiro atoms. The van der Waals surface area contributed by atoms with Crippen molar-refractivity contribution in [2.24, 2.45) is 0 Å². The molecular weight excluding hydrogens is 624 g/mol. The van der Waals surface area contributed by atoms with Crippen molar-refractivity contribution in [3.63, 3.8) is 0 Å². The summed E-state index contributed by atoms with van der Waals surface area (Å²) in [7, 11) is 0. The maximum absolute atomic E-state index is 12.9. The lowest BCUT2D eigenvalue weighted by molar-refractivity contribution is 0.00754. The number of fused-ring (bicyclic) bond motifs is 2. The maximum Gasteiger partial charge on any atom is 0.508 e. The van der Waals surface area contributed by atoms with E-state index in [0.717, 1.165) is 45.4 Å². The van der Waals surface area contributed by atoms with Gasteiger partial charge >= 0.3 is 6.16 Å². The van der Waals surface area contributed by atoms with Crippen LogP contribution in [0.25, 0.3) is 11.3 Å². The van der Waals surface area contributed by atoms with Crippen LogP contribution in [-0.4, -0.2) is 37.1 Å². The molecule has 0 saturated carbocycles. The van der Waals surface area contributed by atoms with Gasteiger partial charge in [0, 0.05) is 49.7 Å². The van der Waals surface area contributed by atoms with Gasteiger partial charge in [-0.2, -0.15) is 0 Å². The molecule has 9 heteroatoms. The first-order valence-corrected chi connectivity index (χ1v) is 17.4. The molecule has 2 unspecified atom stereocenters. The zero-order chi connectivity index (χ0) is 35.5. The normalized spacial score (nSPS) is 12.6. The lowest BCUT2D eigenvalue weighted by atomic mass is 10.0. The first-order valence-electron chi connectivity index (χ1n) is 17.4. The molecule has 0 radical (unpaired) electrons. The Morgan fingerprint density at radius 2 is 1.00 bits per heavy atom. The smallest absolute Gasteiger partial charge is 0.431 e. The van der Waals surface area contributed by atoms with E-state index < -0.39 is 18.4 Å². The Hall–Kier alpha value is -5.31. The summed E-state index contributed by atoms with van der Waals surface area (Å²) in [4.78, 5) is 22.8. The van der Waals surface area contributed by atoms with Crippen LogP contribution in [-0.2, 0) is 35.4 Å². The number of nitrogens with zero attached hydrogens (tertiary/aromatic N) is 4. The van der Waals surface area contributed by atoms with Crippen LogP contribution >= 0.6 is 0 Å². The molecule has 0 fully saturated rings. The molecular formula is C41H48N6O3. The Morgan fingerprint density at radius 3 is 1.38 bits per heavy atom. The van der Waals surface area contributed by atoms with Crippen LogP contribution in [0.3, 0.4) is 0 Å². The van der Waals surface area contributed by atoms with Crippen molar-refractivity contribution in [3.8, 4) is 0 Å². The molecule has 4 heterocycles. The van der Waals surface area contributed by atoms with Gasteiger partial charge < -0.3 is 28.9 Å². The molecule has 0 aliphatic rings. The van der Waals surface area contributed by atoms with Crippen LogP contribution in [0.4, 0.5) is 16.2 Å². The lowest BCUT2D eigenvalue weighted by Crippen LogP contribution is -2.23. The largest absolute Gasteiger partial charge is 0.508 e. The summed E-state index contributed by atoms with van der Waals surface area (Å²) in [6.07, 6.45) is 3.42. The molecule has 0 aliphatic carbocycles. The number of anilines is 2. The Morgan fingerprint density at radius 1 is 0.620 bits per heavy atom. The summed E-state index contributed by atoms with van der Waals surface area (Å²) < 4.78 is 15.6. The molecule has 6 aromatic rings. The monoisotopic (exact) mass is 672 g/mol. The number of rotatable bonds is 12. The van der Waals surface area contributed by atoms with Crippen molar-refractivity contribution in [2.45, 2.75) is 93.5 Å². The number of ether oxygens (including phenoxy) is 2. The lowest BCUT2D eigenvalue weighted by Gasteiger charge is -2.16. The summed E-state index contributed by atoms with van der Waals surface area (Å²) in [6.45, 7) is 17.8. The van der Waals surface area contributed by atoms with Crippen LogP contribution in [0, 0.1) is 41.5 Å². The van der Waals surface area contributed by atoms with Gasteiger partial charge in [0.25, 0.3) is 0 Å². The van der Waals surface area contributed by atoms with E-state index in [-0.39, 0.29) is 0 Å². The van der Waals surface area contributed by atoms with Gasteiger partial charge in [-0.1, -0.05) is 36.4 Å². The number of aromatic nitrogens is 4. The molecule has 0 bridgehead atoms. The van der Waals surface area contributed by atoms with E-state index in [9.17, 15) is 4.79 Å². The Labute approximate surface area is 294 Å². The zero-order valence-corrected chi connectivity index (χ0v) is 30.4. The summed E-state index contributed by atoms with van der Waals surface area (Å²) in [5.41, 5.74) is 15.0. The SMILES string of the molecule is Cc1cccc(C)c1CNc1cccn2c(C)c(CC(C)OC(=O)OC(C)Cc3nc4c(NCc5c(C)cccc5C)cccn4c3C)nc12. The van der Waals surface area contributed by atoms with Crippen molar-refractivity contribution >= 4 is 28.8 Å². The number of aryl methyl sites for hydroxylation is 6. The number of imidazole rings is 2. The van der Waals surface area contributed by atoms with Gasteiger partial charge in [-0.05, 0) is 113 Å². The molecule has 0 aliphatic heterocycles. The predicted octanol–water partition coefficient (Wildman–Crippen LogP) is 8.77. The molecule has 4 aromatic heterocycles. The minimum absolute atomic E-state index is 0.424. The second-order valence-electron chi connectivity index (χ2n) is 13.5. The van der Waals surface area contributed by atoms with Gasteiger partial charge in [0.2, 0.25) is 0 Å². The number of hydrogen-bond donors (Lipinski definition) is 2. The average Bonchev–Trinajstić information content (AvgIpc) is 3.56. The van der Waals surface area contributed by atoms with E-state index in [0.29, 0.717) is 25.9 Å². The highest BCUT2D eigenvalue weighted by Gasteiger charge is 2.21. The van der Waals surface area contributed by atoms with E-state index in [2.05, 4.69) is 83.5 Å². The fourth-order valence-electron chi connectivity index (χ4n) is 6.74. The van der Waals surface area contributed by atoms with Crippen molar-refractivity contribution in [1.29, 1.82) is 0 Å². The third kappa shape index (κ3) is 7.32. The fraction of sp³-hybridized carbons (Fsp3) is 0.341. The van der Waals surface area contributed by atoms with Gasteiger partial charge in [0.15, 0.2) is 11.3 Å². The third-order valence-electron chi connectivity index (χ3n) is 9.73. The number of benzene rings is 2. The molecule has 6 rings (SSSR count). The van der Waals surface area contributed by atoms with Crippen molar-refractivity contribution < 1.29 is 14.3 Å². The highest BCUT2D eigenvalue weighted by atomic mass is 16.7. The van der Waals surface area contributed by atoms with Gasteiger partial charge in [0.05, 0.1) is 22.8 Å². The molecule has 50 heavy (non-hydrogen) atoms. The first-order chi connectivity index (χ1) is 24.0. The van der Waals surface area contributed by atoms with Crippen molar-refractivity contribution in [1.82, 2.24) is 18.8 Å². The first kappa shape index (κ1) is 34.5. The second kappa shape index (κ2) is 14.7. The van der Waals surface area contributed by atoms with E-state index >= 15 is 0 Å². The molecule has 0 saturated heterocycles. The predicted molar refractivity (Wildman–Crippen MR) is 200 cm³/mol. The fourth-order valence-corrected chi connectivity index (χ4v) is 6.74. The molecule has 9 nitrogen and oxygen atoms in total. The average molecular weight is 673 g/mol. The van der Waals surface area contributed by atoms with Crippen LogP contribution < -0.4 is 10.6 Å². The molecule has 2 N–H and O–H groups in total. The van der Waals surface area contributed by atoms with Crippen LogP contribution in [0.15, 0.2) is 73.1 Å². The second-order valence-corrected chi connectivity index (χ2v) is 13.5. The number of pyridine rings is 2. The van der Waals surface area contributed by atoms with Gasteiger partial charge in [-0.15, -0.1) is 0 Å². The molecule has 2 atom stereocenters. The Balaban J connectivity index is 1.06. The number of carbonyl (C=O) groups is 1. The molecule has 0 amide bonds. The highest BCUT2D eigenvalue weighted by molar-refractivity contribution is 5.70. The van der Waals surface area contributed by atoms with Gasteiger partial charge in [-0.3, -0.25) is 0 Å². The zero-order valence-electron chi connectivity index (χ0n) is 30.4. The van der Waals surface area contributed by atoms with Crippen molar-refractivity contribution in [2.75, 3.05) is 10.6 Å². The van der Waals surface area contributed by atoms with Crippen LogP contribution in [0.2, 0.25) is 0 Å². The van der Waals surface area contributed by atoms with Crippen LogP contribution in [0.5, 0.6) is 0 Å². The Kier molecular flexibility index (Phi) is 10.1. The van der Waals surface area contributed by atoms with Crippen molar-refractivity contribution in [3.05, 3.63) is 129 Å². The van der Waals surface area contributed by atoms with E-state index in [1.807, 2.05) is 64.4 Å². The summed E-state index contributed by atoms with van der Waals surface area (Å²) in [5, 5.41) is 7.17. The van der Waals surface area contributed by atoms with E-state index in [4.69, 9.17) is 19.4 Å². The quantitative estimate of drug-likeness (QED) is 0.126. The summed E-state index contributed by atoms with van der Waals surface area (Å²) in [5.74, 6) is 0. The van der Waals surface area contributed by atoms with Gasteiger partial charge in [-0.25, -0.2) is 14.8 Å². The molecule has 260 valence electrons. The summed E-state index contributed by atoms with van der Waals surface area (Å²) in [6, 6.07) is 20.9. The molecule has 2 aromatic carbocycles. The van der Waals surface area contributed by atoms with Crippen LogP contribution in [0.1, 0.15) is 70.0 Å². The number of carbonyl (C=O) groups excluding carboxylic acids is 1. The van der Waals surface area contributed by atoms with E-state index in [1.54, 1.807) is 0 Å². The maximum atomic E-state index is 12.9. The summed E-state index contributed by atoms with van der Waals surface area (Å²) >= 11 is 0. The van der Waals surface area contributed by atoms with E-state index in [1.165, 1.54) is 33.4 Å². The number of nitrogens with one attached hydrogen (secondary N) is 2. The third-order valence-corrected chi connectivity index (χ3v) is 9.73. The minimum atomic E-state index is -0.695. The standard InChI is InChI=1S/C41H48N6O3/c1-25-13-9-14-26(2)33(25)23-42-35-17-11-19-46-31(7)37(44-39(35)46)21-29(5)49-41(48)50-30(6)22-38-32(8)47-20-12-18-36(40(47)45-38)43-24-34-27(3)15-10-16-28(34)4/h9-20,29-30,42-43H,21-24H2,1-8H3. The van der Waals surface area contributed by atoms with Gasteiger partial charge in [0.1, 0.15) is 12.2 Å².